The second-order valence-electron chi connectivity index (χ2n) is 7.18. The number of hydrazine groups is 1. The van der Waals surface area contributed by atoms with Gasteiger partial charge in [-0.05, 0) is 43.7 Å². The van der Waals surface area contributed by atoms with Crippen LogP contribution < -0.4 is 10.9 Å². The Kier molecular flexibility index (Phi) is 7.19. The summed E-state index contributed by atoms with van der Waals surface area (Å²) in [6.45, 7) is 3.51. The topological polar surface area (TPSA) is 110 Å². The van der Waals surface area contributed by atoms with Crippen LogP contribution in [0.4, 0.5) is 0 Å². The number of carbonyl (C=O) groups is 3. The van der Waals surface area contributed by atoms with Gasteiger partial charge in [0.05, 0.1) is 5.56 Å². The molecule has 0 saturated heterocycles. The zero-order valence-corrected chi connectivity index (χ0v) is 20.0. The Morgan fingerprint density at radius 2 is 1.71 bits per heavy atom. The van der Waals surface area contributed by atoms with E-state index in [1.807, 2.05) is 19.9 Å². The van der Waals surface area contributed by atoms with E-state index in [4.69, 9.17) is 4.74 Å². The van der Waals surface area contributed by atoms with E-state index in [0.29, 0.717) is 16.0 Å². The molecular formula is C24H20N4O4S2. The Bertz CT molecular complexity index is 1370. The van der Waals surface area contributed by atoms with Crippen LogP contribution in [0.1, 0.15) is 31.2 Å². The molecule has 0 atom stereocenters. The Morgan fingerprint density at radius 1 is 0.971 bits per heavy atom. The monoisotopic (exact) mass is 492 g/mol. The fourth-order valence-electron chi connectivity index (χ4n) is 3.09. The van der Waals surface area contributed by atoms with Crippen LogP contribution in [0.25, 0.3) is 10.2 Å². The minimum absolute atomic E-state index is 0.310. The van der Waals surface area contributed by atoms with Gasteiger partial charge >= 0.3 is 5.97 Å². The molecule has 2 aromatic heterocycles. The average molecular weight is 493 g/mol. The molecule has 2 amide bonds. The van der Waals surface area contributed by atoms with Gasteiger partial charge in [-0.3, -0.25) is 20.4 Å². The molecule has 34 heavy (non-hydrogen) atoms. The number of aromatic nitrogens is 2. The van der Waals surface area contributed by atoms with Crippen LogP contribution in [0.3, 0.4) is 0 Å². The van der Waals surface area contributed by atoms with Crippen LogP contribution in [-0.2, 0) is 9.53 Å². The number of nitrogens with zero attached hydrogens (tertiary/aromatic N) is 2. The largest absolute Gasteiger partial charge is 0.452 e. The molecular weight excluding hydrogens is 472 g/mol. The first-order valence-electron chi connectivity index (χ1n) is 10.2. The maximum Gasteiger partial charge on any atom is 0.339 e. The molecule has 0 fully saturated rings. The van der Waals surface area contributed by atoms with Crippen LogP contribution >= 0.6 is 23.1 Å². The van der Waals surface area contributed by atoms with Crippen LogP contribution in [0.5, 0.6) is 0 Å². The predicted octanol–water partition coefficient (Wildman–Crippen LogP) is 4.08. The van der Waals surface area contributed by atoms with Crippen molar-refractivity contribution in [3.63, 3.8) is 0 Å². The van der Waals surface area contributed by atoms with Gasteiger partial charge < -0.3 is 4.74 Å². The molecule has 2 aromatic carbocycles. The quantitative estimate of drug-likeness (QED) is 0.237. The van der Waals surface area contributed by atoms with Crippen molar-refractivity contribution in [3.05, 3.63) is 82.5 Å². The number of carbonyl (C=O) groups excluding carboxylic acids is 3. The summed E-state index contributed by atoms with van der Waals surface area (Å²) >= 11 is 2.94. The lowest BCUT2D eigenvalue weighted by Gasteiger charge is -2.10. The maximum absolute atomic E-state index is 12.7. The summed E-state index contributed by atoms with van der Waals surface area (Å²) < 4.78 is 5.18. The Labute approximate surface area is 203 Å². The number of hydrogen-bond donors (Lipinski definition) is 2. The second-order valence-corrected chi connectivity index (χ2v) is 9.42. The van der Waals surface area contributed by atoms with E-state index >= 15 is 0 Å². The zero-order valence-electron chi connectivity index (χ0n) is 18.3. The normalized spacial score (nSPS) is 10.6. The first-order chi connectivity index (χ1) is 16.4. The van der Waals surface area contributed by atoms with Gasteiger partial charge in [0, 0.05) is 20.7 Å². The smallest absolute Gasteiger partial charge is 0.339 e. The highest BCUT2D eigenvalue weighted by Gasteiger charge is 2.18. The van der Waals surface area contributed by atoms with E-state index in [0.717, 1.165) is 25.7 Å². The standard InChI is InChI=1S/C24H20N4O4S2/c1-14-15(2)33-22-20(14)23(26-13-25-22)34-18-11-7-6-10-17(18)24(31)32-12-19(29)27-28-21(30)16-8-4-3-5-9-16/h3-11,13H,12H2,1-2H3,(H,27,29)(H,28,30). The van der Waals surface area contributed by atoms with Crippen LogP contribution in [0.15, 0.2) is 70.8 Å². The maximum atomic E-state index is 12.7. The molecule has 8 nitrogen and oxygen atoms in total. The molecule has 0 aliphatic heterocycles. The van der Waals surface area contributed by atoms with Crippen molar-refractivity contribution in [1.29, 1.82) is 0 Å². The van der Waals surface area contributed by atoms with Gasteiger partial charge in [0.2, 0.25) is 0 Å². The molecule has 10 heteroatoms. The van der Waals surface area contributed by atoms with E-state index in [1.165, 1.54) is 18.1 Å². The lowest BCUT2D eigenvalue weighted by molar-refractivity contribution is -0.125. The zero-order chi connectivity index (χ0) is 24.1. The lowest BCUT2D eigenvalue weighted by Crippen LogP contribution is -2.43. The third-order valence-electron chi connectivity index (χ3n) is 4.93. The van der Waals surface area contributed by atoms with Gasteiger partial charge in [0.25, 0.3) is 11.8 Å². The molecule has 0 unspecified atom stereocenters. The summed E-state index contributed by atoms with van der Waals surface area (Å²) in [5.41, 5.74) is 6.33. The summed E-state index contributed by atoms with van der Waals surface area (Å²) in [6.07, 6.45) is 1.51. The SMILES string of the molecule is Cc1sc2ncnc(Sc3ccccc3C(=O)OCC(=O)NNC(=O)c3ccccc3)c2c1C. The number of fused-ring (bicyclic) bond motifs is 1. The highest BCUT2D eigenvalue weighted by Crippen LogP contribution is 2.38. The lowest BCUT2D eigenvalue weighted by atomic mass is 10.2. The van der Waals surface area contributed by atoms with Crippen LogP contribution in [-0.4, -0.2) is 34.4 Å². The van der Waals surface area contributed by atoms with Crippen molar-refractivity contribution in [3.8, 4) is 0 Å². The van der Waals surface area contributed by atoms with Crippen molar-refractivity contribution >= 4 is 51.1 Å². The van der Waals surface area contributed by atoms with E-state index in [-0.39, 0.29) is 0 Å². The molecule has 172 valence electrons. The van der Waals surface area contributed by atoms with Crippen LogP contribution in [0.2, 0.25) is 0 Å². The number of esters is 1. The fraction of sp³-hybridized carbons (Fsp3) is 0.125. The first-order valence-corrected chi connectivity index (χ1v) is 11.9. The molecule has 0 radical (unpaired) electrons. The minimum atomic E-state index is -0.662. The molecule has 0 aliphatic rings. The van der Waals surface area contributed by atoms with Crippen molar-refractivity contribution in [2.24, 2.45) is 0 Å². The number of ether oxygens (including phenoxy) is 1. The van der Waals surface area contributed by atoms with Crippen molar-refractivity contribution in [2.75, 3.05) is 6.61 Å². The van der Waals surface area contributed by atoms with E-state index in [9.17, 15) is 14.4 Å². The highest BCUT2D eigenvalue weighted by molar-refractivity contribution is 7.99. The number of aryl methyl sites for hydroxylation is 2. The molecule has 2 N–H and O–H groups in total. The molecule has 0 bridgehead atoms. The molecule has 0 aliphatic carbocycles. The Hall–Kier alpha value is -3.76. The second kappa shape index (κ2) is 10.4. The van der Waals surface area contributed by atoms with Crippen molar-refractivity contribution < 1.29 is 19.1 Å². The molecule has 0 saturated carbocycles. The van der Waals surface area contributed by atoms with Crippen molar-refractivity contribution in [1.82, 2.24) is 20.8 Å². The van der Waals surface area contributed by atoms with Gasteiger partial charge in [0.1, 0.15) is 16.2 Å². The molecule has 4 rings (SSSR count). The van der Waals surface area contributed by atoms with Gasteiger partial charge in [-0.1, -0.05) is 42.1 Å². The first kappa shape index (κ1) is 23.4. The molecule has 0 spiro atoms. The number of benzene rings is 2. The van der Waals surface area contributed by atoms with Gasteiger partial charge in [-0.25, -0.2) is 14.8 Å². The number of amides is 2. The third kappa shape index (κ3) is 5.24. The summed E-state index contributed by atoms with van der Waals surface area (Å²) in [5, 5.41) is 1.71. The molecule has 4 aromatic rings. The van der Waals surface area contributed by atoms with Crippen LogP contribution in [0, 0.1) is 13.8 Å². The number of thiophene rings is 1. The summed E-state index contributed by atoms with van der Waals surface area (Å²) in [6, 6.07) is 15.4. The van der Waals surface area contributed by atoms with E-state index in [2.05, 4.69) is 20.8 Å². The Balaban J connectivity index is 1.40. The predicted molar refractivity (Wildman–Crippen MR) is 130 cm³/mol. The fourth-order valence-corrected chi connectivity index (χ4v) is 5.22. The number of hydrogen-bond acceptors (Lipinski definition) is 8. The highest BCUT2D eigenvalue weighted by atomic mass is 32.2. The minimum Gasteiger partial charge on any atom is -0.452 e. The van der Waals surface area contributed by atoms with Gasteiger partial charge in [-0.2, -0.15) is 0 Å². The third-order valence-corrected chi connectivity index (χ3v) is 7.12. The van der Waals surface area contributed by atoms with Gasteiger partial charge in [0.15, 0.2) is 6.61 Å². The Morgan fingerprint density at radius 3 is 2.50 bits per heavy atom. The summed E-state index contributed by atoms with van der Waals surface area (Å²) in [4.78, 5) is 48.2. The van der Waals surface area contributed by atoms with Gasteiger partial charge in [-0.15, -0.1) is 11.3 Å². The number of nitrogens with one attached hydrogen (secondary N) is 2. The number of rotatable bonds is 6. The summed E-state index contributed by atoms with van der Waals surface area (Å²) in [7, 11) is 0. The van der Waals surface area contributed by atoms with Crippen molar-refractivity contribution in [2.45, 2.75) is 23.8 Å². The van der Waals surface area contributed by atoms with E-state index < -0.39 is 24.4 Å². The molecule has 2 heterocycles. The van der Waals surface area contributed by atoms with E-state index in [1.54, 1.807) is 59.9 Å². The average Bonchev–Trinajstić information content (AvgIpc) is 3.16. The summed E-state index contributed by atoms with van der Waals surface area (Å²) in [5.74, 6) is -1.79.